The summed E-state index contributed by atoms with van der Waals surface area (Å²) in [4.78, 5) is 19.6. The molecule has 0 atom stereocenters. The number of hydrogen-bond donors (Lipinski definition) is 0. The monoisotopic (exact) mass is 496 g/mol. The number of aromatic nitrogens is 1. The van der Waals surface area contributed by atoms with Gasteiger partial charge in [-0.05, 0) is 48.9 Å². The van der Waals surface area contributed by atoms with Crippen molar-refractivity contribution in [3.63, 3.8) is 0 Å². The zero-order valence-electron chi connectivity index (χ0n) is 18.8. The fourth-order valence-corrected chi connectivity index (χ4v) is 5.63. The van der Waals surface area contributed by atoms with Crippen molar-refractivity contribution in [1.82, 2.24) is 4.98 Å². The van der Waals surface area contributed by atoms with E-state index in [4.69, 9.17) is 9.47 Å². The number of methoxy groups -OCH3 is 1. The van der Waals surface area contributed by atoms with E-state index in [0.717, 1.165) is 10.3 Å². The van der Waals surface area contributed by atoms with Crippen LogP contribution in [0.3, 0.4) is 0 Å². The number of ether oxygens (including phenoxy) is 2. The predicted molar refractivity (Wildman–Crippen MR) is 133 cm³/mol. The average Bonchev–Trinajstić information content (AvgIpc) is 3.28. The molecule has 3 aromatic carbocycles. The Morgan fingerprint density at radius 1 is 1.00 bits per heavy atom. The van der Waals surface area contributed by atoms with Crippen LogP contribution in [0.1, 0.15) is 12.5 Å². The molecule has 9 heteroatoms. The molecular weight excluding hydrogens is 472 g/mol. The van der Waals surface area contributed by atoms with Crippen molar-refractivity contribution in [3.8, 4) is 11.5 Å². The number of carbonyl (C=O) groups excluding carboxylic acids is 1. The Labute approximate surface area is 202 Å². The van der Waals surface area contributed by atoms with Gasteiger partial charge in [0.1, 0.15) is 22.8 Å². The molecule has 34 heavy (non-hydrogen) atoms. The number of benzene rings is 3. The average molecular weight is 497 g/mol. The van der Waals surface area contributed by atoms with Gasteiger partial charge in [-0.15, -0.1) is 0 Å². The van der Waals surface area contributed by atoms with Gasteiger partial charge in [0.05, 0.1) is 29.9 Å². The normalized spacial score (nSPS) is 11.4. The topological polar surface area (TPSA) is 85.8 Å². The molecule has 0 unspecified atom stereocenters. The van der Waals surface area contributed by atoms with E-state index >= 15 is 0 Å². The molecule has 0 N–H and O–H groups in total. The number of carbonyl (C=O) groups is 1. The van der Waals surface area contributed by atoms with Gasteiger partial charge in [0.2, 0.25) is 5.91 Å². The van der Waals surface area contributed by atoms with Crippen LogP contribution in [-0.2, 0) is 21.2 Å². The van der Waals surface area contributed by atoms with Crippen molar-refractivity contribution in [2.75, 3.05) is 24.4 Å². The highest BCUT2D eigenvalue weighted by molar-refractivity contribution is 7.92. The molecule has 7 nitrogen and oxygen atoms in total. The smallest absolute Gasteiger partial charge is 0.244 e. The van der Waals surface area contributed by atoms with Gasteiger partial charge >= 0.3 is 0 Å². The van der Waals surface area contributed by atoms with Crippen LogP contribution < -0.4 is 14.4 Å². The van der Waals surface area contributed by atoms with Crippen molar-refractivity contribution < 1.29 is 22.7 Å². The van der Waals surface area contributed by atoms with Crippen LogP contribution in [0, 0.1) is 0 Å². The van der Waals surface area contributed by atoms with E-state index < -0.39 is 21.5 Å². The van der Waals surface area contributed by atoms with E-state index in [-0.39, 0.29) is 11.4 Å². The Morgan fingerprint density at radius 3 is 2.41 bits per heavy atom. The van der Waals surface area contributed by atoms with Crippen LogP contribution >= 0.6 is 11.3 Å². The maximum Gasteiger partial charge on any atom is 0.244 e. The lowest BCUT2D eigenvalue weighted by atomic mass is 10.2. The van der Waals surface area contributed by atoms with Crippen molar-refractivity contribution in [3.05, 3.63) is 78.4 Å². The highest BCUT2D eigenvalue weighted by atomic mass is 32.2. The largest absolute Gasteiger partial charge is 0.497 e. The van der Waals surface area contributed by atoms with E-state index in [1.807, 2.05) is 55.5 Å². The third kappa shape index (κ3) is 5.21. The molecular formula is C25H24N2O5S2. The number of amides is 1. The number of anilines is 1. The van der Waals surface area contributed by atoms with Crippen LogP contribution in [-0.4, -0.2) is 38.8 Å². The molecule has 4 aromatic rings. The summed E-state index contributed by atoms with van der Waals surface area (Å²) in [7, 11) is -2.37. The van der Waals surface area contributed by atoms with Crippen molar-refractivity contribution in [2.24, 2.45) is 0 Å². The fourth-order valence-electron chi connectivity index (χ4n) is 3.43. The molecule has 4 rings (SSSR count). The third-order valence-electron chi connectivity index (χ3n) is 5.12. The second kappa shape index (κ2) is 10.2. The van der Waals surface area contributed by atoms with Gasteiger partial charge < -0.3 is 9.47 Å². The minimum Gasteiger partial charge on any atom is -0.497 e. The molecule has 0 saturated carbocycles. The van der Waals surface area contributed by atoms with Crippen LogP contribution in [0.15, 0.2) is 77.7 Å². The van der Waals surface area contributed by atoms with Gasteiger partial charge in [-0.25, -0.2) is 13.4 Å². The maximum atomic E-state index is 13.4. The number of nitrogens with zero attached hydrogens (tertiary/aromatic N) is 2. The van der Waals surface area contributed by atoms with Gasteiger partial charge in [-0.3, -0.25) is 9.69 Å². The summed E-state index contributed by atoms with van der Waals surface area (Å²) in [6.45, 7) is 2.57. The van der Waals surface area contributed by atoms with Crippen molar-refractivity contribution in [1.29, 1.82) is 0 Å². The summed E-state index contributed by atoms with van der Waals surface area (Å²) in [6, 6.07) is 21.0. The molecule has 0 spiro atoms. The lowest BCUT2D eigenvalue weighted by molar-refractivity contribution is -0.116. The molecule has 176 valence electrons. The quantitative estimate of drug-likeness (QED) is 0.334. The fraction of sp³-hybridized carbons (Fsp3) is 0.200. The van der Waals surface area contributed by atoms with Gasteiger partial charge in [-0.1, -0.05) is 47.7 Å². The standard InChI is InChI=1S/C25H24N2O5S2/c1-3-32-21-10-7-11-22-24(21)26-25(33-22)27(16-18-8-5-4-6-9-18)23(28)17-34(29,30)20-14-12-19(31-2)13-15-20/h4-15H,3,16-17H2,1-2H3. The SMILES string of the molecule is CCOc1cccc2sc(N(Cc3ccccc3)C(=O)CS(=O)(=O)c3ccc(OC)cc3)nc12. The van der Waals surface area contributed by atoms with Gasteiger partial charge in [0.25, 0.3) is 0 Å². The second-order valence-corrected chi connectivity index (χ2v) is 10.4. The van der Waals surface area contributed by atoms with Crippen LogP contribution in [0.25, 0.3) is 10.2 Å². The third-order valence-corrected chi connectivity index (χ3v) is 7.78. The molecule has 0 saturated heterocycles. The first-order valence-corrected chi connectivity index (χ1v) is 13.1. The Hall–Kier alpha value is -3.43. The van der Waals surface area contributed by atoms with Crippen LogP contribution in [0.2, 0.25) is 0 Å². The van der Waals surface area contributed by atoms with E-state index in [1.54, 1.807) is 12.1 Å². The minimum atomic E-state index is -3.87. The second-order valence-electron chi connectivity index (χ2n) is 7.43. The van der Waals surface area contributed by atoms with E-state index in [9.17, 15) is 13.2 Å². The van der Waals surface area contributed by atoms with Crippen molar-refractivity contribution >= 4 is 42.4 Å². The molecule has 0 radical (unpaired) electrons. The van der Waals surface area contributed by atoms with Crippen LogP contribution in [0.5, 0.6) is 11.5 Å². The lowest BCUT2D eigenvalue weighted by Gasteiger charge is -2.20. The summed E-state index contributed by atoms with van der Waals surface area (Å²) in [5, 5.41) is 0.418. The zero-order chi connectivity index (χ0) is 24.1. The van der Waals surface area contributed by atoms with E-state index in [0.29, 0.717) is 28.8 Å². The molecule has 0 bridgehead atoms. The highest BCUT2D eigenvalue weighted by Gasteiger charge is 2.27. The summed E-state index contributed by atoms with van der Waals surface area (Å²) in [5.74, 6) is -0.0758. The number of sulfone groups is 1. The van der Waals surface area contributed by atoms with Gasteiger partial charge in [0.15, 0.2) is 15.0 Å². The highest BCUT2D eigenvalue weighted by Crippen LogP contribution is 2.35. The molecule has 0 aliphatic carbocycles. The summed E-state index contributed by atoms with van der Waals surface area (Å²) < 4.78 is 37.7. The summed E-state index contributed by atoms with van der Waals surface area (Å²) in [6.07, 6.45) is 0. The Bertz CT molecular complexity index is 1380. The molecule has 1 aromatic heterocycles. The van der Waals surface area contributed by atoms with E-state index in [2.05, 4.69) is 4.98 Å². The van der Waals surface area contributed by atoms with Gasteiger partial charge in [-0.2, -0.15) is 0 Å². The first kappa shape index (κ1) is 23.7. The number of thiazole rings is 1. The number of para-hydroxylation sites is 1. The molecule has 0 fully saturated rings. The van der Waals surface area contributed by atoms with E-state index in [1.165, 1.54) is 35.5 Å². The molecule has 0 aliphatic heterocycles. The van der Waals surface area contributed by atoms with Gasteiger partial charge in [0, 0.05) is 0 Å². The summed E-state index contributed by atoms with van der Waals surface area (Å²) >= 11 is 1.32. The lowest BCUT2D eigenvalue weighted by Crippen LogP contribution is -2.35. The maximum absolute atomic E-state index is 13.4. The number of rotatable bonds is 9. The number of fused-ring (bicyclic) bond motifs is 1. The Kier molecular flexibility index (Phi) is 7.14. The molecule has 1 heterocycles. The van der Waals surface area contributed by atoms with Crippen LogP contribution in [0.4, 0.5) is 5.13 Å². The Morgan fingerprint density at radius 2 is 1.74 bits per heavy atom. The summed E-state index contributed by atoms with van der Waals surface area (Å²) in [5.41, 5.74) is 1.51. The Balaban J connectivity index is 1.69. The number of hydrogen-bond acceptors (Lipinski definition) is 7. The first-order chi connectivity index (χ1) is 16.4. The minimum absolute atomic E-state index is 0.0595. The van der Waals surface area contributed by atoms with Crippen molar-refractivity contribution in [2.45, 2.75) is 18.4 Å². The first-order valence-electron chi connectivity index (χ1n) is 10.6. The molecule has 1 amide bonds. The molecule has 0 aliphatic rings. The predicted octanol–water partition coefficient (Wildman–Crippen LogP) is 4.71. The zero-order valence-corrected chi connectivity index (χ0v) is 20.4.